The van der Waals surface area contributed by atoms with E-state index < -0.39 is 81.4 Å². The Kier molecular flexibility index (Phi) is 17.3. The molecule has 20 fully saturated rings. The minimum absolute atomic E-state index is 0.324. The summed E-state index contributed by atoms with van der Waals surface area (Å²) in [6.07, 6.45) is 39.6. The summed E-state index contributed by atoms with van der Waals surface area (Å²) in [4.78, 5) is 0. The van der Waals surface area contributed by atoms with Gasteiger partial charge < -0.3 is 87.3 Å². The largest absolute Gasteiger partial charge is 0.478 e. The van der Waals surface area contributed by atoms with Crippen molar-refractivity contribution in [3.05, 3.63) is 0 Å². The Balaban J connectivity index is 0.743. The molecule has 6 bridgehead atoms. The summed E-state index contributed by atoms with van der Waals surface area (Å²) in [5.41, 5.74) is 0. The SMILES string of the molecule is C(CC1CCC2OC2C1)[SiH2]O[Si]1(CCC2CCC3OC3C2)O[Si]2(CCC3CCC4OC4C3)O[Si]3(CCC4CCC5OC5C4)O[SiH2]O[Si]4(CCC5CCC6OC6C5)O[Si](CCC5CCC6OC6C5)(O1)O[Si](CCC1CCC5OC5C1)(O2)O[Si](CCC1CCC2OC2C1)(O3)O4. The van der Waals surface area contributed by atoms with E-state index in [4.69, 9.17) is 87.3 Å². The Hall–Kier alpha value is 1.15. The van der Waals surface area contributed by atoms with Crippen molar-refractivity contribution in [3.63, 3.8) is 0 Å². The van der Waals surface area contributed by atoms with Gasteiger partial charge in [-0.15, -0.1) is 0 Å². The van der Waals surface area contributed by atoms with Gasteiger partial charge in [0.15, 0.2) is 9.76 Å². The minimum atomic E-state index is -4.22. The van der Waals surface area contributed by atoms with Crippen LogP contribution in [0.5, 0.6) is 0 Å². The Bertz CT molecular complexity index is 2630. The van der Waals surface area contributed by atoms with Crippen LogP contribution >= 0.6 is 0 Å². The van der Waals surface area contributed by atoms with E-state index in [0.29, 0.717) is 187 Å². The van der Waals surface area contributed by atoms with Crippen LogP contribution in [0.4, 0.5) is 0 Å². The van der Waals surface area contributed by atoms with Gasteiger partial charge in [0.2, 0.25) is 0 Å². The average molecular weight is 1450 g/mol. The zero-order valence-electron chi connectivity index (χ0n) is 55.2. The van der Waals surface area contributed by atoms with Crippen molar-refractivity contribution in [2.75, 3.05) is 0 Å². The molecular weight excluding hydrogens is 1340 g/mol. The summed E-state index contributed by atoms with van der Waals surface area (Å²) < 4.78 is 152. The third-order valence-corrected chi connectivity index (χ3v) is 63.8. The Morgan fingerprint density at radius 3 is 0.742 bits per heavy atom. The predicted octanol–water partition coefficient (Wildman–Crippen LogP) is 9.97. The number of hydrogen-bond acceptors (Lipinski definition) is 20. The van der Waals surface area contributed by atoms with E-state index in [2.05, 4.69) is 0 Å². The predicted molar refractivity (Wildman–Crippen MR) is 354 cm³/mol. The molecule has 12 aliphatic heterocycles. The van der Waals surface area contributed by atoms with Crippen molar-refractivity contribution < 1.29 is 87.3 Å². The van der Waals surface area contributed by atoms with Crippen LogP contribution < -0.4 is 0 Å². The molecule has 20 nitrogen and oxygen atoms in total. The molecule has 8 aliphatic carbocycles. The molecule has 20 rings (SSSR count). The van der Waals surface area contributed by atoms with Gasteiger partial charge in [0, 0.05) is 42.3 Å². The summed E-state index contributed by atoms with van der Waals surface area (Å²) in [6.45, 7) is 0. The number of hydrogen-bond donors (Lipinski definition) is 0. The summed E-state index contributed by atoms with van der Waals surface area (Å²) in [5, 5.41) is 0. The van der Waals surface area contributed by atoms with E-state index in [1.807, 2.05) is 0 Å². The highest BCUT2D eigenvalue weighted by atomic mass is 28.6. The summed E-state index contributed by atoms with van der Waals surface area (Å²) in [6, 6.07) is 5.17. The van der Waals surface area contributed by atoms with Gasteiger partial charge in [-0.3, -0.25) is 0 Å². The highest BCUT2D eigenvalue weighted by molar-refractivity contribution is 7.00. The average Bonchev–Trinajstić information content (AvgIpc) is 1.69. The maximum atomic E-state index is 8.79. The van der Waals surface area contributed by atoms with Crippen LogP contribution in [0.15, 0.2) is 0 Å². The van der Waals surface area contributed by atoms with Crippen molar-refractivity contribution >= 4 is 81.4 Å². The van der Waals surface area contributed by atoms with Crippen LogP contribution in [0.1, 0.15) is 205 Å². The molecule has 29 heteroatoms. The normalized spacial score (nSPS) is 56.4. The maximum absolute atomic E-state index is 8.79. The summed E-state index contributed by atoms with van der Waals surface area (Å²) in [5.74, 6) is 3.65. The molecule has 8 saturated carbocycles. The van der Waals surface area contributed by atoms with Crippen molar-refractivity contribution in [3.8, 4) is 0 Å². The number of fused-ring (bicyclic) bond motifs is 12. The number of ether oxygens (including phenoxy) is 8. The molecule has 0 N–H and O–H groups in total. The second-order valence-corrected chi connectivity index (χ2v) is 59.2. The molecule has 93 heavy (non-hydrogen) atoms. The Labute approximate surface area is 564 Å². The van der Waals surface area contributed by atoms with E-state index in [-0.39, 0.29) is 0 Å². The molecule has 28 atom stereocenters. The fraction of sp³-hybridized carbons (Fsp3) is 1.00. The van der Waals surface area contributed by atoms with Crippen molar-refractivity contribution in [1.29, 1.82) is 0 Å². The van der Waals surface area contributed by atoms with Crippen LogP contribution in [0.25, 0.3) is 0 Å². The minimum Gasteiger partial charge on any atom is -0.422 e. The molecule has 0 aromatic heterocycles. The quantitative estimate of drug-likeness (QED) is 0.0448. The fourth-order valence-corrected chi connectivity index (χ4v) is 70.2. The van der Waals surface area contributed by atoms with Gasteiger partial charge in [-0.2, -0.15) is 0 Å². The second-order valence-electron chi connectivity index (χ2n) is 34.0. The fourth-order valence-electron chi connectivity index (χ4n) is 21.2. The number of rotatable bonds is 26. The van der Waals surface area contributed by atoms with Crippen molar-refractivity contribution in [1.82, 2.24) is 0 Å². The lowest BCUT2D eigenvalue weighted by Crippen LogP contribution is -2.83. The van der Waals surface area contributed by atoms with Gasteiger partial charge in [-0.05, 0) is 252 Å². The van der Waals surface area contributed by atoms with Crippen LogP contribution in [0, 0.1) is 47.3 Å². The maximum Gasteiger partial charge on any atom is 0.478 e. The van der Waals surface area contributed by atoms with E-state index in [1.54, 1.807) is 0 Å². The van der Waals surface area contributed by atoms with Crippen LogP contribution in [-0.4, -0.2) is 179 Å². The van der Waals surface area contributed by atoms with Crippen LogP contribution in [0.3, 0.4) is 0 Å². The molecule has 0 amide bonds. The van der Waals surface area contributed by atoms with E-state index in [1.165, 1.54) is 12.8 Å². The molecule has 0 spiro atoms. The monoisotopic (exact) mass is 1450 g/mol. The first-order chi connectivity index (χ1) is 45.4. The molecule has 12 saturated heterocycles. The first-order valence-electron chi connectivity index (χ1n) is 38.9. The highest BCUT2D eigenvalue weighted by Gasteiger charge is 2.79. The van der Waals surface area contributed by atoms with Crippen LogP contribution in [-0.2, 0) is 87.3 Å². The van der Waals surface area contributed by atoms with Gasteiger partial charge in [0.25, 0.3) is 10.0 Å². The molecule has 0 aromatic carbocycles. The summed E-state index contributed by atoms with van der Waals surface area (Å²) in [7, 11) is -32.1. The lowest BCUT2D eigenvalue weighted by atomic mass is 9.88. The topological polar surface area (TPSA) is 211 Å². The van der Waals surface area contributed by atoms with Gasteiger partial charge in [0.1, 0.15) is 0 Å². The first-order valence-corrected chi connectivity index (χ1v) is 55.2. The third-order valence-electron chi connectivity index (χ3n) is 27.3. The summed E-state index contributed by atoms with van der Waals surface area (Å²) >= 11 is 0. The van der Waals surface area contributed by atoms with Crippen LogP contribution in [0.2, 0.25) is 48.4 Å². The van der Waals surface area contributed by atoms with E-state index in [0.717, 1.165) is 199 Å². The van der Waals surface area contributed by atoms with Gasteiger partial charge in [0.05, 0.1) is 97.7 Å². The Morgan fingerprint density at radius 2 is 0.473 bits per heavy atom. The molecule has 0 aromatic rings. The molecule has 12 heterocycles. The first kappa shape index (κ1) is 63.8. The lowest BCUT2D eigenvalue weighted by molar-refractivity contribution is 0.000762. The lowest BCUT2D eigenvalue weighted by Gasteiger charge is -2.59. The second kappa shape index (κ2) is 25.2. The molecular formula is C64H108O20Si9. The van der Waals surface area contributed by atoms with Crippen molar-refractivity contribution in [2.45, 2.75) is 351 Å². The standard InChI is InChI=1S/C64H108O20Si9/c1-9-49-57(65-49)33-41(1)17-25-85-73-87(26-18-42-2-10-50-58(34-42)66-50)76-90(29-21-45-5-13-53-61(37-45)69-53)78-88(27-19-43-3-11-51-59(35-43)67-51)74-86-75-89(28-20-44-4-12-52-60(36-44)68-52)79-91(77-87,30-22-46-6-14-54-62(38-46)70-54)83-93(82-90,32-24-48-8-16-56-64(40-48)72-56)84-92(80-88,81-89)31-23-47-7-15-55-63(39-47)71-55/h41-64H,1-40,85-86H2. The third kappa shape index (κ3) is 14.2. The van der Waals surface area contributed by atoms with Gasteiger partial charge >= 0.3 is 61.6 Å². The van der Waals surface area contributed by atoms with Crippen molar-refractivity contribution in [2.24, 2.45) is 47.3 Å². The number of epoxide rings is 8. The molecule has 28 unspecified atom stereocenters. The molecule has 520 valence electrons. The van der Waals surface area contributed by atoms with E-state index >= 15 is 0 Å². The zero-order chi connectivity index (χ0) is 61.2. The Morgan fingerprint density at radius 1 is 0.247 bits per heavy atom. The van der Waals surface area contributed by atoms with Gasteiger partial charge in [-0.25, -0.2) is 0 Å². The van der Waals surface area contributed by atoms with Gasteiger partial charge in [-0.1, -0.05) is 6.42 Å². The van der Waals surface area contributed by atoms with E-state index in [9.17, 15) is 0 Å². The highest BCUT2D eigenvalue weighted by Crippen LogP contribution is 2.57. The molecule has 20 aliphatic rings. The zero-order valence-corrected chi connectivity index (χ0v) is 65.0. The molecule has 0 radical (unpaired) electrons. The smallest absolute Gasteiger partial charge is 0.422 e.